The van der Waals surface area contributed by atoms with Crippen molar-refractivity contribution >= 4 is 22.6 Å². The minimum absolute atomic E-state index is 0.0240. The van der Waals surface area contributed by atoms with Crippen LogP contribution >= 0.6 is 0 Å². The lowest BCUT2D eigenvalue weighted by Gasteiger charge is -2.46. The number of carbonyl (C=O) groups is 1. The lowest BCUT2D eigenvalue weighted by atomic mass is 9.99. The fraction of sp³-hybridized carbons (Fsp3) is 0.471. The average Bonchev–Trinajstić information content (AvgIpc) is 2.65. The van der Waals surface area contributed by atoms with Gasteiger partial charge in [0, 0.05) is 11.9 Å². The number of halogens is 7. The first-order valence-corrected chi connectivity index (χ1v) is 8.77. The Morgan fingerprint density at radius 1 is 1.19 bits per heavy atom. The van der Waals surface area contributed by atoms with Crippen LogP contribution in [0.2, 0.25) is 0 Å². The highest BCUT2D eigenvalue weighted by Crippen LogP contribution is 2.33. The van der Waals surface area contributed by atoms with Gasteiger partial charge in [-0.25, -0.2) is 14.4 Å². The summed E-state index contributed by atoms with van der Waals surface area (Å²) >= 11 is 0. The fourth-order valence-corrected chi connectivity index (χ4v) is 3.08. The van der Waals surface area contributed by atoms with Crippen molar-refractivity contribution in [3.8, 4) is 5.75 Å². The van der Waals surface area contributed by atoms with Crippen LogP contribution in [0.3, 0.4) is 0 Å². The number of alkyl halides is 6. The first kappa shape index (κ1) is 22.8. The first-order valence-electron chi connectivity index (χ1n) is 8.77. The van der Waals surface area contributed by atoms with Gasteiger partial charge in [0.25, 0.3) is 0 Å². The normalized spacial score (nSPS) is 20.4. The molecule has 3 rings (SSSR count). The molecular weight excluding hydrogens is 441 g/mol. The van der Waals surface area contributed by atoms with Gasteiger partial charge in [0.05, 0.1) is 6.04 Å². The van der Waals surface area contributed by atoms with E-state index in [1.54, 1.807) is 0 Å². The van der Waals surface area contributed by atoms with Crippen LogP contribution in [0.5, 0.6) is 5.75 Å². The molecule has 2 heterocycles. The molecule has 0 aliphatic carbocycles. The standard InChI is InChI=1S/C17H15F7N4O3/c1-7(15(29)28-5-11(8(28)2)31-17(22,23)24)27-14-9-3-4-10(30-16(19,20)21)12(18)13(9)25-6-26-14/h3-4,6-8,11H,5H2,1-2H3,(H,25,26,27)/t7-,8+,11+/m1/s1. The van der Waals surface area contributed by atoms with Crippen LogP contribution in [0.15, 0.2) is 18.5 Å². The number of carbonyl (C=O) groups excluding carboxylic acids is 1. The Balaban J connectivity index is 1.74. The third-order valence-corrected chi connectivity index (χ3v) is 4.63. The Morgan fingerprint density at radius 2 is 1.87 bits per heavy atom. The van der Waals surface area contributed by atoms with Gasteiger partial charge in [-0.1, -0.05) is 0 Å². The van der Waals surface area contributed by atoms with Crippen molar-refractivity contribution in [2.24, 2.45) is 0 Å². The van der Waals surface area contributed by atoms with Crippen molar-refractivity contribution in [2.45, 2.75) is 44.8 Å². The minimum Gasteiger partial charge on any atom is -0.403 e. The molecule has 0 saturated carbocycles. The van der Waals surface area contributed by atoms with Gasteiger partial charge in [0.1, 0.15) is 29.8 Å². The smallest absolute Gasteiger partial charge is 0.403 e. The zero-order valence-electron chi connectivity index (χ0n) is 15.9. The zero-order chi connectivity index (χ0) is 23.1. The largest absolute Gasteiger partial charge is 0.573 e. The number of fused-ring (bicyclic) bond motifs is 1. The van der Waals surface area contributed by atoms with E-state index in [0.29, 0.717) is 0 Å². The summed E-state index contributed by atoms with van der Waals surface area (Å²) in [7, 11) is 0. The summed E-state index contributed by atoms with van der Waals surface area (Å²) in [6.45, 7) is 2.52. The first-order chi connectivity index (χ1) is 14.3. The van der Waals surface area contributed by atoms with Crippen molar-refractivity contribution in [3.63, 3.8) is 0 Å². The third kappa shape index (κ3) is 5.06. The summed E-state index contributed by atoms with van der Waals surface area (Å²) in [5, 5.41) is 2.65. The van der Waals surface area contributed by atoms with Gasteiger partial charge in [0.15, 0.2) is 11.6 Å². The molecule has 1 aromatic heterocycles. The number of hydrogen-bond donors (Lipinski definition) is 1. The predicted octanol–water partition coefficient (Wildman–Crippen LogP) is 3.60. The highest BCUT2D eigenvalue weighted by atomic mass is 19.4. The summed E-state index contributed by atoms with van der Waals surface area (Å²) in [4.78, 5) is 21.2. The number of rotatable bonds is 5. The lowest BCUT2D eigenvalue weighted by molar-refractivity contribution is -0.359. The number of amides is 1. The number of nitrogens with zero attached hydrogens (tertiary/aromatic N) is 3. The number of aromatic nitrogens is 2. The maximum absolute atomic E-state index is 14.4. The van der Waals surface area contributed by atoms with Crippen molar-refractivity contribution in [1.29, 1.82) is 0 Å². The van der Waals surface area contributed by atoms with Crippen molar-refractivity contribution in [3.05, 3.63) is 24.3 Å². The number of hydrogen-bond acceptors (Lipinski definition) is 6. The number of anilines is 1. The topological polar surface area (TPSA) is 76.6 Å². The molecule has 3 atom stereocenters. The number of likely N-dealkylation sites (tertiary alicyclic amines) is 1. The molecule has 7 nitrogen and oxygen atoms in total. The lowest BCUT2D eigenvalue weighted by Crippen LogP contribution is -2.64. The third-order valence-electron chi connectivity index (χ3n) is 4.63. The molecule has 1 fully saturated rings. The van der Waals surface area contributed by atoms with Gasteiger partial charge in [-0.2, -0.15) is 0 Å². The predicted molar refractivity (Wildman–Crippen MR) is 91.4 cm³/mol. The molecule has 0 spiro atoms. The van der Waals surface area contributed by atoms with Gasteiger partial charge in [-0.05, 0) is 26.0 Å². The molecule has 1 saturated heterocycles. The molecule has 31 heavy (non-hydrogen) atoms. The summed E-state index contributed by atoms with van der Waals surface area (Å²) < 4.78 is 96.0. The molecule has 0 radical (unpaired) electrons. The molecule has 1 amide bonds. The van der Waals surface area contributed by atoms with Crippen LogP contribution in [0, 0.1) is 5.82 Å². The minimum atomic E-state index is -5.11. The second-order valence-electron chi connectivity index (χ2n) is 6.74. The van der Waals surface area contributed by atoms with Crippen LogP contribution in [-0.2, 0) is 9.53 Å². The maximum Gasteiger partial charge on any atom is 0.573 e. The molecule has 14 heteroatoms. The van der Waals surface area contributed by atoms with Gasteiger partial charge >= 0.3 is 12.7 Å². The summed E-state index contributed by atoms with van der Waals surface area (Å²) in [6.07, 6.45) is -10.2. The number of ether oxygens (including phenoxy) is 2. The Hall–Kier alpha value is -2.90. The monoisotopic (exact) mass is 456 g/mol. The Labute approximate surface area is 170 Å². The molecule has 1 aromatic carbocycles. The van der Waals surface area contributed by atoms with Crippen LogP contribution in [-0.4, -0.2) is 58.2 Å². The van der Waals surface area contributed by atoms with Gasteiger partial charge in [-0.15, -0.1) is 26.3 Å². The van der Waals surface area contributed by atoms with Crippen LogP contribution < -0.4 is 10.1 Å². The summed E-state index contributed by atoms with van der Waals surface area (Å²) in [6, 6.07) is -0.0112. The second-order valence-corrected chi connectivity index (χ2v) is 6.74. The highest BCUT2D eigenvalue weighted by Gasteiger charge is 2.46. The Morgan fingerprint density at radius 3 is 2.45 bits per heavy atom. The maximum atomic E-state index is 14.4. The van der Waals surface area contributed by atoms with Crippen molar-refractivity contribution < 1.29 is 45.0 Å². The molecular formula is C17H15F7N4O3. The van der Waals surface area contributed by atoms with Crippen LogP contribution in [0.4, 0.5) is 36.6 Å². The van der Waals surface area contributed by atoms with Crippen LogP contribution in [0.1, 0.15) is 13.8 Å². The molecule has 1 N–H and O–H groups in total. The van der Waals surface area contributed by atoms with Crippen LogP contribution in [0.25, 0.3) is 10.9 Å². The quantitative estimate of drug-likeness (QED) is 0.693. The van der Waals surface area contributed by atoms with E-state index in [9.17, 15) is 35.5 Å². The Bertz CT molecular complexity index is 983. The van der Waals surface area contributed by atoms with E-state index < -0.39 is 53.9 Å². The van der Waals surface area contributed by atoms with E-state index in [1.807, 2.05) is 0 Å². The van der Waals surface area contributed by atoms with Gasteiger partial charge in [-0.3, -0.25) is 9.53 Å². The summed E-state index contributed by atoms with van der Waals surface area (Å²) in [5.74, 6) is -3.08. The van der Waals surface area contributed by atoms with E-state index in [1.165, 1.54) is 13.8 Å². The molecule has 0 bridgehead atoms. The van der Waals surface area contributed by atoms with E-state index in [2.05, 4.69) is 24.8 Å². The second kappa shape index (κ2) is 7.98. The molecule has 170 valence electrons. The molecule has 2 aromatic rings. The average molecular weight is 456 g/mol. The zero-order valence-corrected chi connectivity index (χ0v) is 15.9. The van der Waals surface area contributed by atoms with Gasteiger partial charge in [0.2, 0.25) is 5.91 Å². The van der Waals surface area contributed by atoms with E-state index in [4.69, 9.17) is 0 Å². The van der Waals surface area contributed by atoms with E-state index in [-0.39, 0.29) is 17.7 Å². The van der Waals surface area contributed by atoms with Crippen molar-refractivity contribution in [1.82, 2.24) is 14.9 Å². The molecule has 0 unspecified atom stereocenters. The number of benzene rings is 1. The number of nitrogens with one attached hydrogen (secondary N) is 1. The van der Waals surface area contributed by atoms with E-state index >= 15 is 0 Å². The Kier molecular flexibility index (Phi) is 5.86. The van der Waals surface area contributed by atoms with Crippen molar-refractivity contribution in [2.75, 3.05) is 11.9 Å². The van der Waals surface area contributed by atoms with Gasteiger partial charge < -0.3 is 15.0 Å². The SMILES string of the molecule is C[C@@H](Nc1ncnc2c(F)c(OC(F)(F)F)ccc12)C(=O)N1C[C@H](OC(F)(F)F)[C@@H]1C. The molecule has 1 aliphatic heterocycles. The van der Waals surface area contributed by atoms with E-state index in [0.717, 1.165) is 23.4 Å². The molecule has 1 aliphatic rings. The highest BCUT2D eigenvalue weighted by molar-refractivity contribution is 5.93. The summed E-state index contributed by atoms with van der Waals surface area (Å²) in [5.41, 5.74) is -0.477. The fourth-order valence-electron chi connectivity index (χ4n) is 3.08.